The maximum absolute atomic E-state index is 12.7. The molecule has 11 nitrogen and oxygen atoms in total. The largest absolute Gasteiger partial charge is 0.497 e. The van der Waals surface area contributed by atoms with Crippen LogP contribution >= 0.6 is 0 Å². The maximum Gasteiger partial charge on any atom is 0.326 e. The van der Waals surface area contributed by atoms with Crippen LogP contribution in [0.1, 0.15) is 17.3 Å². The lowest BCUT2D eigenvalue weighted by Crippen LogP contribution is -2.40. The number of esters is 1. The molecular formula is C23H27N3O8S. The van der Waals surface area contributed by atoms with Gasteiger partial charge in [0.05, 0.1) is 25.2 Å². The summed E-state index contributed by atoms with van der Waals surface area (Å²) in [6, 6.07) is 12.1. The van der Waals surface area contributed by atoms with Crippen molar-refractivity contribution >= 4 is 33.5 Å². The average molecular weight is 506 g/mol. The minimum atomic E-state index is -3.65. The van der Waals surface area contributed by atoms with E-state index >= 15 is 0 Å². The molecule has 2 amide bonds. The number of morpholine rings is 1. The van der Waals surface area contributed by atoms with Gasteiger partial charge in [-0.25, -0.2) is 8.42 Å². The van der Waals surface area contributed by atoms with E-state index in [9.17, 15) is 22.8 Å². The van der Waals surface area contributed by atoms with Crippen LogP contribution in [0.4, 0.5) is 5.69 Å². The minimum Gasteiger partial charge on any atom is -0.497 e. The Bertz CT molecular complexity index is 1160. The molecule has 1 saturated heterocycles. The van der Waals surface area contributed by atoms with Crippen molar-refractivity contribution in [1.29, 1.82) is 0 Å². The molecule has 0 radical (unpaired) electrons. The number of nitrogens with zero attached hydrogens (tertiary/aromatic N) is 1. The highest BCUT2D eigenvalue weighted by atomic mass is 32.2. The Balaban J connectivity index is 1.48. The first-order valence-electron chi connectivity index (χ1n) is 10.8. The fraction of sp³-hybridized carbons (Fsp3) is 0.348. The summed E-state index contributed by atoms with van der Waals surface area (Å²) in [5, 5.41) is 4.98. The minimum absolute atomic E-state index is 0.101. The van der Waals surface area contributed by atoms with E-state index in [1.54, 1.807) is 18.2 Å². The van der Waals surface area contributed by atoms with Gasteiger partial charge in [-0.15, -0.1) is 0 Å². The van der Waals surface area contributed by atoms with Crippen LogP contribution in [-0.4, -0.2) is 76.6 Å². The number of nitrogens with one attached hydrogen (secondary N) is 2. The summed E-state index contributed by atoms with van der Waals surface area (Å²) < 4.78 is 42.0. The smallest absolute Gasteiger partial charge is 0.326 e. The third kappa shape index (κ3) is 7.01. The number of ether oxygens (including phenoxy) is 3. The van der Waals surface area contributed by atoms with E-state index in [0.717, 1.165) is 0 Å². The molecule has 0 bridgehead atoms. The second kappa shape index (κ2) is 11.8. The van der Waals surface area contributed by atoms with Crippen LogP contribution < -0.4 is 15.4 Å². The molecule has 2 N–H and O–H groups in total. The number of benzene rings is 2. The van der Waals surface area contributed by atoms with E-state index in [4.69, 9.17) is 14.2 Å². The molecule has 35 heavy (non-hydrogen) atoms. The Morgan fingerprint density at radius 3 is 2.43 bits per heavy atom. The molecule has 2 aromatic rings. The SMILES string of the molecule is COc1cccc(C(=O)NCC(=O)O[C@H](C)C(=O)Nc2ccc(S(=O)(=O)N3CCOCC3)cc2)c1. The fourth-order valence-electron chi connectivity index (χ4n) is 3.20. The summed E-state index contributed by atoms with van der Waals surface area (Å²) in [4.78, 5) is 36.7. The summed E-state index contributed by atoms with van der Waals surface area (Å²) in [7, 11) is -2.17. The molecule has 2 aromatic carbocycles. The van der Waals surface area contributed by atoms with Crippen LogP contribution in [0, 0.1) is 0 Å². The molecular weight excluding hydrogens is 478 g/mol. The van der Waals surface area contributed by atoms with Crippen molar-refractivity contribution in [3.8, 4) is 5.75 Å². The standard InChI is InChI=1S/C23H27N3O8S/c1-16(34-21(27)15-24-23(29)17-4-3-5-19(14-17)32-2)22(28)25-18-6-8-20(9-7-18)35(30,31)26-10-12-33-13-11-26/h3-9,14,16H,10-13,15H2,1-2H3,(H,24,29)(H,25,28)/t16-/m1/s1. The van der Waals surface area contributed by atoms with Crippen molar-refractivity contribution in [2.75, 3.05) is 45.3 Å². The number of hydrogen-bond acceptors (Lipinski definition) is 8. The molecule has 1 atom stereocenters. The molecule has 0 aromatic heterocycles. The molecule has 3 rings (SSSR count). The summed E-state index contributed by atoms with van der Waals surface area (Å²) in [5.41, 5.74) is 0.646. The van der Waals surface area contributed by atoms with Gasteiger partial charge in [0, 0.05) is 24.3 Å². The quantitative estimate of drug-likeness (QED) is 0.482. The highest BCUT2D eigenvalue weighted by Crippen LogP contribution is 2.19. The van der Waals surface area contributed by atoms with Gasteiger partial charge in [-0.2, -0.15) is 4.31 Å². The fourth-order valence-corrected chi connectivity index (χ4v) is 4.61. The van der Waals surface area contributed by atoms with Crippen molar-refractivity contribution in [3.63, 3.8) is 0 Å². The van der Waals surface area contributed by atoms with Crippen molar-refractivity contribution in [1.82, 2.24) is 9.62 Å². The summed E-state index contributed by atoms with van der Waals surface area (Å²) in [6.07, 6.45) is -1.15. The Morgan fingerprint density at radius 1 is 1.09 bits per heavy atom. The van der Waals surface area contributed by atoms with E-state index in [1.807, 2.05) is 0 Å². The third-order valence-electron chi connectivity index (χ3n) is 5.13. The number of anilines is 1. The first kappa shape index (κ1) is 26.1. The predicted octanol–water partition coefficient (Wildman–Crippen LogP) is 1.02. The van der Waals surface area contributed by atoms with E-state index in [0.29, 0.717) is 30.2 Å². The normalized spacial score (nSPS) is 15.0. The Kier molecular flexibility index (Phi) is 8.79. The topological polar surface area (TPSA) is 140 Å². The summed E-state index contributed by atoms with van der Waals surface area (Å²) in [6.45, 7) is 2.20. The molecule has 1 heterocycles. The monoisotopic (exact) mass is 505 g/mol. The molecule has 12 heteroatoms. The molecule has 1 aliphatic heterocycles. The van der Waals surface area contributed by atoms with Gasteiger partial charge < -0.3 is 24.8 Å². The zero-order chi connectivity index (χ0) is 25.4. The zero-order valence-electron chi connectivity index (χ0n) is 19.4. The van der Waals surface area contributed by atoms with Gasteiger partial charge in [0.25, 0.3) is 11.8 Å². The third-order valence-corrected chi connectivity index (χ3v) is 7.05. The molecule has 0 aliphatic carbocycles. The van der Waals surface area contributed by atoms with Crippen LogP contribution in [0.15, 0.2) is 53.4 Å². The van der Waals surface area contributed by atoms with E-state index in [-0.39, 0.29) is 18.0 Å². The number of amides is 2. The maximum atomic E-state index is 12.7. The number of methoxy groups -OCH3 is 1. The number of carbonyl (C=O) groups excluding carboxylic acids is 3. The molecule has 188 valence electrons. The van der Waals surface area contributed by atoms with Gasteiger partial charge in [-0.3, -0.25) is 14.4 Å². The van der Waals surface area contributed by atoms with Crippen LogP contribution in [0.25, 0.3) is 0 Å². The van der Waals surface area contributed by atoms with E-state index in [2.05, 4.69) is 10.6 Å². The van der Waals surface area contributed by atoms with Gasteiger partial charge in [-0.1, -0.05) is 6.07 Å². The molecule has 0 spiro atoms. The molecule has 0 saturated carbocycles. The van der Waals surface area contributed by atoms with Gasteiger partial charge in [0.15, 0.2) is 6.10 Å². The zero-order valence-corrected chi connectivity index (χ0v) is 20.2. The Labute approximate surface area is 203 Å². The Morgan fingerprint density at radius 2 is 1.77 bits per heavy atom. The summed E-state index contributed by atoms with van der Waals surface area (Å²) >= 11 is 0. The number of rotatable bonds is 9. The lowest BCUT2D eigenvalue weighted by Gasteiger charge is -2.26. The van der Waals surface area contributed by atoms with Crippen LogP contribution in [0.2, 0.25) is 0 Å². The van der Waals surface area contributed by atoms with Crippen LogP contribution in [0.5, 0.6) is 5.75 Å². The van der Waals surface area contributed by atoms with Gasteiger partial charge in [0.1, 0.15) is 12.3 Å². The molecule has 1 fully saturated rings. The van der Waals surface area contributed by atoms with E-state index < -0.39 is 40.5 Å². The van der Waals surface area contributed by atoms with Crippen molar-refractivity contribution in [3.05, 3.63) is 54.1 Å². The Hall–Kier alpha value is -3.48. The van der Waals surface area contributed by atoms with Crippen molar-refractivity contribution < 1.29 is 37.0 Å². The first-order valence-corrected chi connectivity index (χ1v) is 12.3. The second-order valence-corrected chi connectivity index (χ2v) is 9.51. The second-order valence-electron chi connectivity index (χ2n) is 7.58. The van der Waals surface area contributed by atoms with Crippen LogP contribution in [0.3, 0.4) is 0 Å². The highest BCUT2D eigenvalue weighted by molar-refractivity contribution is 7.89. The number of hydrogen-bond donors (Lipinski definition) is 2. The van der Waals surface area contributed by atoms with Crippen molar-refractivity contribution in [2.24, 2.45) is 0 Å². The van der Waals surface area contributed by atoms with E-state index in [1.165, 1.54) is 48.7 Å². The summed E-state index contributed by atoms with van der Waals surface area (Å²) in [5.74, 6) is -1.40. The van der Waals surface area contributed by atoms with Gasteiger partial charge in [-0.05, 0) is 49.4 Å². The number of sulfonamides is 1. The van der Waals surface area contributed by atoms with Crippen LogP contribution in [-0.2, 0) is 29.1 Å². The first-order chi connectivity index (χ1) is 16.7. The average Bonchev–Trinajstić information content (AvgIpc) is 2.88. The molecule has 1 aliphatic rings. The number of carbonyl (C=O) groups is 3. The highest BCUT2D eigenvalue weighted by Gasteiger charge is 2.26. The molecule has 0 unspecified atom stereocenters. The van der Waals surface area contributed by atoms with Crippen molar-refractivity contribution in [2.45, 2.75) is 17.9 Å². The predicted molar refractivity (Wildman–Crippen MR) is 126 cm³/mol. The van der Waals surface area contributed by atoms with Gasteiger partial charge >= 0.3 is 5.97 Å². The van der Waals surface area contributed by atoms with Gasteiger partial charge in [0.2, 0.25) is 10.0 Å². The lowest BCUT2D eigenvalue weighted by atomic mass is 10.2. The lowest BCUT2D eigenvalue weighted by molar-refractivity contribution is -0.152.